The van der Waals surface area contributed by atoms with E-state index in [2.05, 4.69) is 29.2 Å². The molecule has 0 aromatic heterocycles. The fourth-order valence-electron chi connectivity index (χ4n) is 2.72. The van der Waals surface area contributed by atoms with E-state index < -0.39 is 0 Å². The number of nitrogens with one attached hydrogen (secondary N) is 1. The zero-order chi connectivity index (χ0) is 15.4. The second-order valence-corrected chi connectivity index (χ2v) is 6.31. The predicted octanol–water partition coefficient (Wildman–Crippen LogP) is 2.69. The Bertz CT molecular complexity index is 492. The van der Waals surface area contributed by atoms with Crippen molar-refractivity contribution in [2.24, 2.45) is 0 Å². The van der Waals surface area contributed by atoms with E-state index in [1.807, 2.05) is 25.1 Å². The van der Waals surface area contributed by atoms with Gasteiger partial charge in [0.2, 0.25) is 5.91 Å². The standard InChI is InChI=1S/C16H24ClN3O/c1-12(20-10-6-7-13(11-20)19(2)3)16(21)18-15-9-5-4-8-14(15)17/h4-5,8-9,12-13H,6-7,10-11H2,1-3H3,(H,18,21)/t12-,13+/m0/s1. The number of para-hydroxylation sites is 1. The molecular weight excluding hydrogens is 286 g/mol. The number of carbonyl (C=O) groups excluding carboxylic acids is 1. The van der Waals surface area contributed by atoms with Crippen molar-refractivity contribution in [1.82, 2.24) is 9.80 Å². The molecule has 0 saturated carbocycles. The minimum Gasteiger partial charge on any atom is -0.323 e. The van der Waals surface area contributed by atoms with E-state index in [4.69, 9.17) is 11.6 Å². The first-order chi connectivity index (χ1) is 9.99. The maximum atomic E-state index is 12.4. The Labute approximate surface area is 132 Å². The van der Waals surface area contributed by atoms with Crippen LogP contribution >= 0.6 is 11.6 Å². The third-order valence-electron chi connectivity index (χ3n) is 4.22. The summed E-state index contributed by atoms with van der Waals surface area (Å²) >= 11 is 6.09. The van der Waals surface area contributed by atoms with Crippen LogP contribution in [0.1, 0.15) is 19.8 Å². The maximum Gasteiger partial charge on any atom is 0.241 e. The van der Waals surface area contributed by atoms with E-state index in [0.29, 0.717) is 16.8 Å². The highest BCUT2D eigenvalue weighted by atomic mass is 35.5. The van der Waals surface area contributed by atoms with E-state index in [0.717, 1.165) is 19.5 Å². The molecule has 1 heterocycles. The molecule has 116 valence electrons. The van der Waals surface area contributed by atoms with Crippen LogP contribution in [0.5, 0.6) is 0 Å². The molecule has 0 aliphatic carbocycles. The van der Waals surface area contributed by atoms with Gasteiger partial charge in [0.15, 0.2) is 0 Å². The molecule has 1 N–H and O–H groups in total. The topological polar surface area (TPSA) is 35.6 Å². The number of rotatable bonds is 4. The molecule has 21 heavy (non-hydrogen) atoms. The van der Waals surface area contributed by atoms with E-state index in [1.54, 1.807) is 6.07 Å². The van der Waals surface area contributed by atoms with Gasteiger partial charge in [-0.1, -0.05) is 23.7 Å². The number of carbonyl (C=O) groups is 1. The largest absolute Gasteiger partial charge is 0.323 e. The van der Waals surface area contributed by atoms with Crippen molar-refractivity contribution < 1.29 is 4.79 Å². The first kappa shape index (κ1) is 16.3. The molecule has 0 unspecified atom stereocenters. The smallest absolute Gasteiger partial charge is 0.241 e. The number of likely N-dealkylation sites (N-methyl/N-ethyl adjacent to an activating group) is 1. The number of amides is 1. The van der Waals surface area contributed by atoms with Crippen molar-refractivity contribution in [3.63, 3.8) is 0 Å². The minimum absolute atomic E-state index is 0.00232. The minimum atomic E-state index is -0.149. The lowest BCUT2D eigenvalue weighted by Crippen LogP contribution is -2.51. The average molecular weight is 310 g/mol. The molecule has 0 radical (unpaired) electrons. The van der Waals surface area contributed by atoms with Gasteiger partial charge in [-0.2, -0.15) is 0 Å². The van der Waals surface area contributed by atoms with Gasteiger partial charge in [-0.3, -0.25) is 9.69 Å². The summed E-state index contributed by atoms with van der Waals surface area (Å²) in [6, 6.07) is 7.71. The number of nitrogens with zero attached hydrogens (tertiary/aromatic N) is 2. The van der Waals surface area contributed by atoms with Crippen LogP contribution in [-0.2, 0) is 4.79 Å². The fourth-order valence-corrected chi connectivity index (χ4v) is 2.91. The third kappa shape index (κ3) is 4.19. The van der Waals surface area contributed by atoms with Crippen LogP contribution in [0, 0.1) is 0 Å². The summed E-state index contributed by atoms with van der Waals surface area (Å²) in [6.45, 7) is 3.87. The quantitative estimate of drug-likeness (QED) is 0.929. The molecule has 1 fully saturated rings. The third-order valence-corrected chi connectivity index (χ3v) is 4.55. The summed E-state index contributed by atoms with van der Waals surface area (Å²) < 4.78 is 0. The molecule has 0 spiro atoms. The summed E-state index contributed by atoms with van der Waals surface area (Å²) in [5, 5.41) is 3.50. The second-order valence-electron chi connectivity index (χ2n) is 5.90. The molecule has 1 amide bonds. The number of halogens is 1. The number of benzene rings is 1. The fraction of sp³-hybridized carbons (Fsp3) is 0.562. The zero-order valence-electron chi connectivity index (χ0n) is 13.0. The second kappa shape index (κ2) is 7.25. The Morgan fingerprint density at radius 2 is 2.14 bits per heavy atom. The number of likely N-dealkylation sites (tertiary alicyclic amines) is 1. The van der Waals surface area contributed by atoms with Crippen LogP contribution in [0.2, 0.25) is 5.02 Å². The first-order valence-corrected chi connectivity index (χ1v) is 7.82. The molecule has 1 saturated heterocycles. The Kier molecular flexibility index (Phi) is 5.62. The number of hydrogen-bond donors (Lipinski definition) is 1. The van der Waals surface area contributed by atoms with E-state index in [9.17, 15) is 4.79 Å². The van der Waals surface area contributed by atoms with Crippen LogP contribution in [0.25, 0.3) is 0 Å². The summed E-state index contributed by atoms with van der Waals surface area (Å²) in [4.78, 5) is 16.9. The molecule has 0 bridgehead atoms. The van der Waals surface area contributed by atoms with Gasteiger partial charge in [0.25, 0.3) is 0 Å². The maximum absolute atomic E-state index is 12.4. The Morgan fingerprint density at radius 1 is 1.43 bits per heavy atom. The lowest BCUT2D eigenvalue weighted by Gasteiger charge is -2.38. The number of hydrogen-bond acceptors (Lipinski definition) is 3. The lowest BCUT2D eigenvalue weighted by atomic mass is 10.0. The van der Waals surface area contributed by atoms with Crippen LogP contribution in [-0.4, -0.2) is 55.0 Å². The zero-order valence-corrected chi connectivity index (χ0v) is 13.7. The summed E-state index contributed by atoms with van der Waals surface area (Å²) in [5.41, 5.74) is 0.678. The number of piperidine rings is 1. The monoisotopic (exact) mass is 309 g/mol. The van der Waals surface area contributed by atoms with Gasteiger partial charge in [-0.25, -0.2) is 0 Å². The van der Waals surface area contributed by atoms with Gasteiger partial charge in [0, 0.05) is 12.6 Å². The van der Waals surface area contributed by atoms with Crippen molar-refractivity contribution in [3.8, 4) is 0 Å². The summed E-state index contributed by atoms with van der Waals surface area (Å²) in [6.07, 6.45) is 2.33. The van der Waals surface area contributed by atoms with Gasteiger partial charge in [0.1, 0.15) is 0 Å². The Hall–Kier alpha value is -1.10. The van der Waals surface area contributed by atoms with Crippen molar-refractivity contribution in [1.29, 1.82) is 0 Å². The highest BCUT2D eigenvalue weighted by Crippen LogP contribution is 2.22. The molecular formula is C16H24ClN3O. The first-order valence-electron chi connectivity index (χ1n) is 7.45. The Balaban J connectivity index is 1.97. The molecule has 1 aromatic carbocycles. The summed E-state index contributed by atoms with van der Waals surface area (Å²) in [5.74, 6) is 0.00232. The summed E-state index contributed by atoms with van der Waals surface area (Å²) in [7, 11) is 4.20. The van der Waals surface area contributed by atoms with Crippen molar-refractivity contribution in [2.75, 3.05) is 32.5 Å². The van der Waals surface area contributed by atoms with Gasteiger partial charge in [0.05, 0.1) is 16.8 Å². The molecule has 4 nitrogen and oxygen atoms in total. The highest BCUT2D eigenvalue weighted by molar-refractivity contribution is 6.33. The van der Waals surface area contributed by atoms with Crippen molar-refractivity contribution in [3.05, 3.63) is 29.3 Å². The average Bonchev–Trinajstić information content (AvgIpc) is 2.49. The van der Waals surface area contributed by atoms with Gasteiger partial charge < -0.3 is 10.2 Å². The van der Waals surface area contributed by atoms with Crippen LogP contribution < -0.4 is 5.32 Å². The number of anilines is 1. The molecule has 1 aliphatic rings. The van der Waals surface area contributed by atoms with Gasteiger partial charge in [-0.15, -0.1) is 0 Å². The Morgan fingerprint density at radius 3 is 2.81 bits per heavy atom. The normalized spacial score (nSPS) is 21.3. The predicted molar refractivity (Wildman–Crippen MR) is 87.8 cm³/mol. The molecule has 1 aromatic rings. The van der Waals surface area contributed by atoms with Crippen LogP contribution in [0.3, 0.4) is 0 Å². The van der Waals surface area contributed by atoms with Gasteiger partial charge >= 0.3 is 0 Å². The van der Waals surface area contributed by atoms with Gasteiger partial charge in [-0.05, 0) is 52.5 Å². The van der Waals surface area contributed by atoms with E-state index >= 15 is 0 Å². The van der Waals surface area contributed by atoms with Crippen LogP contribution in [0.4, 0.5) is 5.69 Å². The van der Waals surface area contributed by atoms with Crippen molar-refractivity contribution >= 4 is 23.2 Å². The molecule has 1 aliphatic heterocycles. The van der Waals surface area contributed by atoms with E-state index in [-0.39, 0.29) is 11.9 Å². The molecule has 2 atom stereocenters. The highest BCUT2D eigenvalue weighted by Gasteiger charge is 2.28. The molecule has 5 heteroatoms. The van der Waals surface area contributed by atoms with Crippen molar-refractivity contribution in [2.45, 2.75) is 31.8 Å². The molecule has 2 rings (SSSR count). The van der Waals surface area contributed by atoms with E-state index in [1.165, 1.54) is 6.42 Å². The lowest BCUT2D eigenvalue weighted by molar-refractivity contribution is -0.121. The SMILES string of the molecule is C[C@@H](C(=O)Nc1ccccc1Cl)N1CCC[C@@H](N(C)C)C1. The van der Waals surface area contributed by atoms with Crippen LogP contribution in [0.15, 0.2) is 24.3 Å².